The van der Waals surface area contributed by atoms with Gasteiger partial charge in [0.15, 0.2) is 5.89 Å². The molecule has 1 aromatic rings. The Bertz CT molecular complexity index is 243. The SMILES string of the molecule is CCCc1nc(C)c(OCC)o1. The van der Waals surface area contributed by atoms with Crippen molar-refractivity contribution in [2.24, 2.45) is 0 Å². The van der Waals surface area contributed by atoms with Crippen molar-refractivity contribution < 1.29 is 9.15 Å². The number of ether oxygens (including phenoxy) is 1. The molecule has 0 fully saturated rings. The second-order valence-corrected chi connectivity index (χ2v) is 2.66. The number of hydrogen-bond donors (Lipinski definition) is 0. The summed E-state index contributed by atoms with van der Waals surface area (Å²) in [5.74, 6) is 1.35. The van der Waals surface area contributed by atoms with Crippen LogP contribution in [-0.4, -0.2) is 11.6 Å². The number of nitrogens with zero attached hydrogens (tertiary/aromatic N) is 1. The maximum Gasteiger partial charge on any atom is 0.308 e. The van der Waals surface area contributed by atoms with Crippen molar-refractivity contribution in [1.29, 1.82) is 0 Å². The lowest BCUT2D eigenvalue weighted by Gasteiger charge is -1.95. The van der Waals surface area contributed by atoms with E-state index in [9.17, 15) is 0 Å². The van der Waals surface area contributed by atoms with E-state index in [1.165, 1.54) is 0 Å². The molecule has 0 aromatic carbocycles. The van der Waals surface area contributed by atoms with Crippen LogP contribution in [0.2, 0.25) is 0 Å². The molecule has 68 valence electrons. The highest BCUT2D eigenvalue weighted by Gasteiger charge is 2.08. The van der Waals surface area contributed by atoms with Gasteiger partial charge in [-0.3, -0.25) is 0 Å². The fourth-order valence-corrected chi connectivity index (χ4v) is 1.02. The minimum absolute atomic E-state index is 0.570. The first-order valence-electron chi connectivity index (χ1n) is 4.37. The molecular weight excluding hydrogens is 154 g/mol. The van der Waals surface area contributed by atoms with E-state index in [0.717, 1.165) is 24.4 Å². The number of rotatable bonds is 4. The average Bonchev–Trinajstić information content (AvgIpc) is 2.34. The Kier molecular flexibility index (Phi) is 3.14. The summed E-state index contributed by atoms with van der Waals surface area (Å²) in [4.78, 5) is 4.23. The van der Waals surface area contributed by atoms with Crippen molar-refractivity contribution in [2.75, 3.05) is 6.61 Å². The average molecular weight is 169 g/mol. The molecule has 1 rings (SSSR count). The summed E-state index contributed by atoms with van der Waals surface area (Å²) in [5, 5.41) is 0. The topological polar surface area (TPSA) is 35.3 Å². The fraction of sp³-hybridized carbons (Fsp3) is 0.667. The molecule has 0 aliphatic heterocycles. The molecule has 0 N–H and O–H groups in total. The largest absolute Gasteiger partial charge is 0.464 e. The van der Waals surface area contributed by atoms with Crippen molar-refractivity contribution in [3.63, 3.8) is 0 Å². The maximum absolute atomic E-state index is 5.36. The van der Waals surface area contributed by atoms with Crippen LogP contribution in [-0.2, 0) is 6.42 Å². The summed E-state index contributed by atoms with van der Waals surface area (Å²) in [6.45, 7) is 6.55. The first kappa shape index (κ1) is 9.10. The zero-order valence-electron chi connectivity index (χ0n) is 7.89. The van der Waals surface area contributed by atoms with Crippen LogP contribution in [0.5, 0.6) is 5.95 Å². The van der Waals surface area contributed by atoms with Crippen molar-refractivity contribution in [3.05, 3.63) is 11.6 Å². The molecule has 0 aliphatic rings. The molecule has 0 saturated carbocycles. The minimum atomic E-state index is 0.570. The van der Waals surface area contributed by atoms with Gasteiger partial charge in [0.25, 0.3) is 0 Å². The third-order valence-electron chi connectivity index (χ3n) is 1.54. The lowest BCUT2D eigenvalue weighted by molar-refractivity contribution is 0.248. The summed E-state index contributed by atoms with van der Waals surface area (Å²) >= 11 is 0. The Morgan fingerprint density at radius 2 is 2.17 bits per heavy atom. The van der Waals surface area contributed by atoms with Gasteiger partial charge in [0, 0.05) is 6.42 Å². The molecule has 0 atom stereocenters. The van der Waals surface area contributed by atoms with Crippen molar-refractivity contribution in [1.82, 2.24) is 4.98 Å². The molecule has 0 bridgehead atoms. The molecular formula is C9H15NO2. The van der Waals surface area contributed by atoms with Gasteiger partial charge in [0.1, 0.15) is 5.69 Å². The van der Waals surface area contributed by atoms with Crippen LogP contribution in [0.25, 0.3) is 0 Å². The summed E-state index contributed by atoms with van der Waals surface area (Å²) in [7, 11) is 0. The van der Waals surface area contributed by atoms with Crippen LogP contribution < -0.4 is 4.74 Å². The van der Waals surface area contributed by atoms with Crippen LogP contribution in [0, 0.1) is 6.92 Å². The molecule has 1 aromatic heterocycles. The van der Waals surface area contributed by atoms with E-state index in [1.54, 1.807) is 0 Å². The van der Waals surface area contributed by atoms with Gasteiger partial charge >= 0.3 is 5.95 Å². The molecule has 0 aliphatic carbocycles. The van der Waals surface area contributed by atoms with Gasteiger partial charge in [0.05, 0.1) is 6.61 Å². The highest BCUT2D eigenvalue weighted by molar-refractivity contribution is 5.13. The summed E-state index contributed by atoms with van der Waals surface area (Å²) in [6.07, 6.45) is 1.93. The van der Waals surface area contributed by atoms with E-state index < -0.39 is 0 Å². The number of oxazole rings is 1. The highest BCUT2D eigenvalue weighted by Crippen LogP contribution is 2.19. The fourth-order valence-electron chi connectivity index (χ4n) is 1.02. The Labute approximate surface area is 72.7 Å². The molecule has 3 nitrogen and oxygen atoms in total. The summed E-state index contributed by atoms with van der Waals surface area (Å²) < 4.78 is 10.6. The van der Waals surface area contributed by atoms with E-state index in [4.69, 9.17) is 9.15 Å². The number of hydrogen-bond acceptors (Lipinski definition) is 3. The Balaban J connectivity index is 2.70. The Morgan fingerprint density at radius 1 is 1.42 bits per heavy atom. The van der Waals surface area contributed by atoms with Gasteiger partial charge in [-0.25, -0.2) is 4.98 Å². The van der Waals surface area contributed by atoms with Gasteiger partial charge < -0.3 is 9.15 Å². The monoisotopic (exact) mass is 169 g/mol. The number of aromatic nitrogens is 1. The molecule has 0 radical (unpaired) electrons. The number of aryl methyl sites for hydroxylation is 2. The minimum Gasteiger partial charge on any atom is -0.464 e. The summed E-state index contributed by atoms with van der Waals surface area (Å²) in [5.41, 5.74) is 0.848. The van der Waals surface area contributed by atoms with Crippen LogP contribution >= 0.6 is 0 Å². The molecule has 0 saturated heterocycles. The zero-order chi connectivity index (χ0) is 8.97. The van der Waals surface area contributed by atoms with E-state index in [1.807, 2.05) is 13.8 Å². The predicted molar refractivity (Wildman–Crippen MR) is 46.4 cm³/mol. The zero-order valence-corrected chi connectivity index (χ0v) is 7.89. The van der Waals surface area contributed by atoms with Gasteiger partial charge in [0.2, 0.25) is 0 Å². The molecule has 0 amide bonds. The lowest BCUT2D eigenvalue weighted by atomic mass is 10.3. The van der Waals surface area contributed by atoms with E-state index in [0.29, 0.717) is 12.6 Å². The standard InChI is InChI=1S/C9H15NO2/c1-4-6-8-10-7(3)9(12-8)11-5-2/h4-6H2,1-3H3. The van der Waals surface area contributed by atoms with Gasteiger partial charge in [-0.2, -0.15) is 0 Å². The first-order chi connectivity index (χ1) is 5.77. The quantitative estimate of drug-likeness (QED) is 0.693. The van der Waals surface area contributed by atoms with Crippen molar-refractivity contribution >= 4 is 0 Å². The van der Waals surface area contributed by atoms with Gasteiger partial charge in [-0.05, 0) is 20.3 Å². The molecule has 1 heterocycles. The molecule has 12 heavy (non-hydrogen) atoms. The predicted octanol–water partition coefficient (Wildman–Crippen LogP) is 2.33. The second-order valence-electron chi connectivity index (χ2n) is 2.66. The van der Waals surface area contributed by atoms with Crippen molar-refractivity contribution in [2.45, 2.75) is 33.6 Å². The van der Waals surface area contributed by atoms with Crippen LogP contribution in [0.1, 0.15) is 31.9 Å². The van der Waals surface area contributed by atoms with Crippen LogP contribution in [0.4, 0.5) is 0 Å². The Morgan fingerprint density at radius 3 is 2.75 bits per heavy atom. The lowest BCUT2D eigenvalue weighted by Crippen LogP contribution is -1.90. The van der Waals surface area contributed by atoms with Gasteiger partial charge in [-0.15, -0.1) is 0 Å². The maximum atomic E-state index is 5.36. The van der Waals surface area contributed by atoms with E-state index in [-0.39, 0.29) is 0 Å². The van der Waals surface area contributed by atoms with Crippen molar-refractivity contribution in [3.8, 4) is 5.95 Å². The normalized spacial score (nSPS) is 10.2. The molecule has 3 heteroatoms. The van der Waals surface area contributed by atoms with Crippen LogP contribution in [0.3, 0.4) is 0 Å². The van der Waals surface area contributed by atoms with E-state index >= 15 is 0 Å². The second kappa shape index (κ2) is 4.14. The Hall–Kier alpha value is -0.990. The van der Waals surface area contributed by atoms with Gasteiger partial charge in [-0.1, -0.05) is 6.92 Å². The van der Waals surface area contributed by atoms with E-state index in [2.05, 4.69) is 11.9 Å². The first-order valence-corrected chi connectivity index (χ1v) is 4.37. The highest BCUT2D eigenvalue weighted by atomic mass is 16.6. The smallest absolute Gasteiger partial charge is 0.308 e. The third-order valence-corrected chi connectivity index (χ3v) is 1.54. The molecule has 0 unspecified atom stereocenters. The van der Waals surface area contributed by atoms with Crippen LogP contribution in [0.15, 0.2) is 4.42 Å². The summed E-state index contributed by atoms with van der Waals surface area (Å²) in [6, 6.07) is 0. The molecule has 0 spiro atoms. The third kappa shape index (κ3) is 2.00.